The number of hydrogen-bond acceptors (Lipinski definition) is 3. The minimum atomic E-state index is -0.852. The summed E-state index contributed by atoms with van der Waals surface area (Å²) in [5.41, 5.74) is 10.0. The van der Waals surface area contributed by atoms with Crippen LogP contribution >= 0.6 is 0 Å². The molecular formula is C11H15F2N3O. The molecule has 0 saturated heterocycles. The van der Waals surface area contributed by atoms with Gasteiger partial charge in [-0.15, -0.1) is 0 Å². The average Bonchev–Trinajstić information content (AvgIpc) is 2.14. The van der Waals surface area contributed by atoms with Gasteiger partial charge in [0.2, 0.25) is 5.91 Å². The molecule has 1 amide bonds. The van der Waals surface area contributed by atoms with Crippen molar-refractivity contribution in [3.63, 3.8) is 0 Å². The molecule has 1 unspecified atom stereocenters. The van der Waals surface area contributed by atoms with Crippen LogP contribution in [0.4, 0.5) is 20.2 Å². The maximum atomic E-state index is 13.5. The van der Waals surface area contributed by atoms with Gasteiger partial charge in [0.1, 0.15) is 11.7 Å². The third-order valence-electron chi connectivity index (χ3n) is 2.34. The molecule has 0 bridgehead atoms. The van der Waals surface area contributed by atoms with E-state index in [0.29, 0.717) is 0 Å². The van der Waals surface area contributed by atoms with Gasteiger partial charge in [-0.2, -0.15) is 0 Å². The molecule has 5 N–H and O–H groups in total. The normalized spacial score (nSPS) is 12.5. The summed E-state index contributed by atoms with van der Waals surface area (Å²) in [7, 11) is 0. The van der Waals surface area contributed by atoms with Crippen LogP contribution in [0.5, 0.6) is 0 Å². The Labute approximate surface area is 98.0 Å². The van der Waals surface area contributed by atoms with E-state index in [-0.39, 0.29) is 11.6 Å². The number of benzene rings is 1. The fraction of sp³-hybridized carbons (Fsp3) is 0.364. The topological polar surface area (TPSA) is 81.1 Å². The Kier molecular flexibility index (Phi) is 3.88. The van der Waals surface area contributed by atoms with Crippen molar-refractivity contribution in [1.82, 2.24) is 0 Å². The lowest BCUT2D eigenvalue weighted by Gasteiger charge is -2.21. The van der Waals surface area contributed by atoms with Crippen LogP contribution < -0.4 is 16.8 Å². The molecule has 0 aliphatic heterocycles. The number of carbonyl (C=O) groups excluding carboxylic acids is 1. The summed E-state index contributed by atoms with van der Waals surface area (Å²) in [4.78, 5) is 11.1. The zero-order valence-corrected chi connectivity index (χ0v) is 9.63. The highest BCUT2D eigenvalue weighted by Crippen LogP contribution is 2.23. The van der Waals surface area contributed by atoms with E-state index in [2.05, 4.69) is 5.32 Å². The molecule has 17 heavy (non-hydrogen) atoms. The van der Waals surface area contributed by atoms with Crippen LogP contribution in [0.1, 0.15) is 13.8 Å². The second kappa shape index (κ2) is 4.99. The van der Waals surface area contributed by atoms with Crippen molar-refractivity contribution >= 4 is 17.3 Å². The summed E-state index contributed by atoms with van der Waals surface area (Å²) >= 11 is 0. The lowest BCUT2D eigenvalue weighted by molar-refractivity contribution is -0.119. The van der Waals surface area contributed by atoms with Gasteiger partial charge in [-0.3, -0.25) is 4.79 Å². The van der Waals surface area contributed by atoms with Crippen LogP contribution in [0.15, 0.2) is 12.1 Å². The van der Waals surface area contributed by atoms with Gasteiger partial charge in [0.15, 0.2) is 11.6 Å². The van der Waals surface area contributed by atoms with Crippen LogP contribution in [-0.4, -0.2) is 11.9 Å². The number of primary amides is 1. The van der Waals surface area contributed by atoms with Crippen molar-refractivity contribution in [3.05, 3.63) is 23.8 Å². The van der Waals surface area contributed by atoms with Crippen LogP contribution in [0.25, 0.3) is 0 Å². The Balaban J connectivity index is 3.05. The predicted molar refractivity (Wildman–Crippen MR) is 62.2 cm³/mol. The van der Waals surface area contributed by atoms with Gasteiger partial charge in [0.25, 0.3) is 0 Å². The first-order valence-corrected chi connectivity index (χ1v) is 5.13. The molecule has 0 heterocycles. The summed E-state index contributed by atoms with van der Waals surface area (Å²) in [6, 6.07) is 1.11. The molecule has 1 aromatic rings. The molecular weight excluding hydrogens is 228 g/mol. The second-order valence-corrected chi connectivity index (χ2v) is 4.13. The Bertz CT molecular complexity index is 412. The fourth-order valence-corrected chi connectivity index (χ4v) is 1.45. The largest absolute Gasteiger partial charge is 0.399 e. The van der Waals surface area contributed by atoms with Crippen molar-refractivity contribution in [3.8, 4) is 0 Å². The number of nitrogen functional groups attached to an aromatic ring is 1. The molecule has 0 spiro atoms. The summed E-state index contributed by atoms with van der Waals surface area (Å²) in [6.45, 7) is 3.44. The third-order valence-corrected chi connectivity index (χ3v) is 2.34. The molecule has 0 aliphatic carbocycles. The Morgan fingerprint density at radius 2 is 1.76 bits per heavy atom. The Morgan fingerprint density at radius 1 is 1.29 bits per heavy atom. The molecule has 94 valence electrons. The van der Waals surface area contributed by atoms with Crippen molar-refractivity contribution < 1.29 is 13.6 Å². The van der Waals surface area contributed by atoms with Gasteiger partial charge in [0, 0.05) is 5.69 Å². The van der Waals surface area contributed by atoms with Gasteiger partial charge < -0.3 is 16.8 Å². The minimum absolute atomic E-state index is 0.0225. The molecule has 0 aromatic heterocycles. The first kappa shape index (κ1) is 13.2. The fourth-order valence-electron chi connectivity index (χ4n) is 1.45. The SMILES string of the molecule is CC(C)C(Nc1c(F)cc(N)cc1F)C(N)=O. The average molecular weight is 243 g/mol. The van der Waals surface area contributed by atoms with Crippen molar-refractivity contribution in [1.29, 1.82) is 0 Å². The molecule has 1 rings (SSSR count). The van der Waals surface area contributed by atoms with Crippen LogP contribution in [-0.2, 0) is 4.79 Å². The Hall–Kier alpha value is -1.85. The number of anilines is 2. The number of hydrogen-bond donors (Lipinski definition) is 3. The van der Waals surface area contributed by atoms with E-state index in [9.17, 15) is 13.6 Å². The van der Waals surface area contributed by atoms with Crippen molar-refractivity contribution in [2.24, 2.45) is 11.7 Å². The van der Waals surface area contributed by atoms with E-state index in [1.165, 1.54) is 0 Å². The maximum absolute atomic E-state index is 13.5. The summed E-state index contributed by atoms with van der Waals surface area (Å²) < 4.78 is 26.9. The maximum Gasteiger partial charge on any atom is 0.240 e. The van der Waals surface area contributed by atoms with Gasteiger partial charge in [-0.05, 0) is 18.1 Å². The zero-order valence-electron chi connectivity index (χ0n) is 9.63. The highest BCUT2D eigenvalue weighted by atomic mass is 19.1. The first-order valence-electron chi connectivity index (χ1n) is 5.13. The lowest BCUT2D eigenvalue weighted by atomic mass is 10.0. The number of halogens is 2. The molecule has 0 fully saturated rings. The third kappa shape index (κ3) is 3.05. The highest BCUT2D eigenvalue weighted by Gasteiger charge is 2.22. The van der Waals surface area contributed by atoms with Crippen molar-refractivity contribution in [2.75, 3.05) is 11.1 Å². The number of amides is 1. The molecule has 0 saturated carbocycles. The van der Waals surface area contributed by atoms with E-state index in [1.807, 2.05) is 0 Å². The van der Waals surface area contributed by atoms with E-state index < -0.39 is 29.3 Å². The van der Waals surface area contributed by atoms with Crippen LogP contribution in [0, 0.1) is 17.6 Å². The summed E-state index contributed by atoms with van der Waals surface area (Å²) in [5, 5.41) is 2.46. The molecule has 1 atom stereocenters. The zero-order chi connectivity index (χ0) is 13.2. The molecule has 4 nitrogen and oxygen atoms in total. The molecule has 6 heteroatoms. The predicted octanol–water partition coefficient (Wildman–Crippen LogP) is 1.47. The smallest absolute Gasteiger partial charge is 0.240 e. The monoisotopic (exact) mass is 243 g/mol. The van der Waals surface area contributed by atoms with Gasteiger partial charge in [-0.25, -0.2) is 8.78 Å². The van der Waals surface area contributed by atoms with Crippen molar-refractivity contribution in [2.45, 2.75) is 19.9 Å². The summed E-state index contributed by atoms with van der Waals surface area (Å²) in [6.07, 6.45) is 0. The van der Waals surface area contributed by atoms with Crippen LogP contribution in [0.3, 0.4) is 0 Å². The number of carbonyl (C=O) groups is 1. The van der Waals surface area contributed by atoms with Gasteiger partial charge >= 0.3 is 0 Å². The first-order chi connectivity index (χ1) is 7.82. The standard InChI is InChI=1S/C11H15F2N3O/c1-5(2)9(11(15)17)16-10-7(12)3-6(14)4-8(10)13/h3-5,9,16H,14H2,1-2H3,(H2,15,17). The highest BCUT2D eigenvalue weighted by molar-refractivity contribution is 5.83. The lowest BCUT2D eigenvalue weighted by Crippen LogP contribution is -2.40. The van der Waals surface area contributed by atoms with E-state index in [4.69, 9.17) is 11.5 Å². The number of nitrogens with two attached hydrogens (primary N) is 2. The molecule has 0 aliphatic rings. The van der Waals surface area contributed by atoms with E-state index in [1.54, 1.807) is 13.8 Å². The minimum Gasteiger partial charge on any atom is -0.399 e. The van der Waals surface area contributed by atoms with Crippen LogP contribution in [0.2, 0.25) is 0 Å². The van der Waals surface area contributed by atoms with E-state index >= 15 is 0 Å². The number of nitrogens with one attached hydrogen (secondary N) is 1. The number of rotatable bonds is 4. The quantitative estimate of drug-likeness (QED) is 0.700. The second-order valence-electron chi connectivity index (χ2n) is 4.13. The van der Waals surface area contributed by atoms with E-state index in [0.717, 1.165) is 12.1 Å². The van der Waals surface area contributed by atoms with Gasteiger partial charge in [-0.1, -0.05) is 13.8 Å². The molecule has 0 radical (unpaired) electrons. The molecule has 1 aromatic carbocycles. The summed E-state index contributed by atoms with van der Waals surface area (Å²) in [5.74, 6) is -2.57. The Morgan fingerprint density at radius 3 is 2.12 bits per heavy atom. The van der Waals surface area contributed by atoms with Gasteiger partial charge in [0.05, 0.1) is 0 Å².